The fraction of sp³-hybridized carbons (Fsp3) is 0.435. The maximum absolute atomic E-state index is 10.6. The topological polar surface area (TPSA) is 68.7 Å². The molecule has 3 rings (SSSR count). The number of hydrogen-bond acceptors (Lipinski definition) is 3. The molecule has 0 bridgehead atoms. The molecule has 4 N–H and O–H groups in total. The highest BCUT2D eigenvalue weighted by atomic mass is 16.5. The predicted molar refractivity (Wildman–Crippen MR) is 116 cm³/mol. The van der Waals surface area contributed by atoms with E-state index >= 15 is 0 Å². The van der Waals surface area contributed by atoms with E-state index in [4.69, 9.17) is 10.5 Å². The van der Waals surface area contributed by atoms with Crippen LogP contribution in [0.3, 0.4) is 0 Å². The molecule has 0 spiro atoms. The van der Waals surface area contributed by atoms with Gasteiger partial charge in [-0.25, -0.2) is 9.13 Å². The highest BCUT2D eigenvalue weighted by Gasteiger charge is 2.23. The lowest BCUT2D eigenvalue weighted by molar-refractivity contribution is -0.897. The first-order valence-corrected chi connectivity index (χ1v) is 10.5. The van der Waals surface area contributed by atoms with Crippen LogP contribution in [0.4, 0.5) is 5.95 Å². The number of imidazole rings is 1. The summed E-state index contributed by atoms with van der Waals surface area (Å²) in [4.78, 5) is 1.54. The second-order valence-electron chi connectivity index (χ2n) is 7.60. The third-order valence-corrected chi connectivity index (χ3v) is 5.53. The van der Waals surface area contributed by atoms with Crippen LogP contribution in [0.25, 0.3) is 11.0 Å². The Hall–Kier alpha value is -2.57. The van der Waals surface area contributed by atoms with Crippen molar-refractivity contribution in [2.24, 2.45) is 0 Å². The number of quaternary nitrogens is 1. The van der Waals surface area contributed by atoms with Crippen molar-refractivity contribution in [3.05, 3.63) is 54.1 Å². The van der Waals surface area contributed by atoms with Crippen molar-refractivity contribution in [1.29, 1.82) is 0 Å². The fourth-order valence-corrected chi connectivity index (χ4v) is 3.77. The highest BCUT2D eigenvalue weighted by Crippen LogP contribution is 2.16. The Morgan fingerprint density at radius 2 is 1.90 bits per heavy atom. The Morgan fingerprint density at radius 1 is 1.14 bits per heavy atom. The molecular formula is C23H34N4O2+2. The maximum Gasteiger partial charge on any atom is 0.356 e. The molecule has 0 saturated heterocycles. The van der Waals surface area contributed by atoms with E-state index < -0.39 is 6.10 Å². The Balaban J connectivity index is 1.75. The van der Waals surface area contributed by atoms with Crippen molar-refractivity contribution < 1.29 is 19.3 Å². The third kappa shape index (κ3) is 5.08. The van der Waals surface area contributed by atoms with Crippen LogP contribution in [0, 0.1) is 6.92 Å². The molecule has 156 valence electrons. The number of likely N-dealkylation sites (N-methyl/N-ethyl adjacent to an activating group) is 1. The first-order chi connectivity index (χ1) is 14.0. The molecule has 0 aliphatic carbocycles. The van der Waals surface area contributed by atoms with Crippen molar-refractivity contribution in [2.75, 3.05) is 32.0 Å². The number of benzene rings is 2. The number of aliphatic hydroxyl groups excluding tert-OH is 1. The number of ether oxygens (including phenoxy) is 1. The minimum absolute atomic E-state index is 0.221. The van der Waals surface area contributed by atoms with E-state index in [2.05, 4.69) is 30.5 Å². The summed E-state index contributed by atoms with van der Waals surface area (Å²) in [6.07, 6.45) is -0.657. The van der Waals surface area contributed by atoms with Gasteiger partial charge in [-0.3, -0.25) is 5.73 Å². The second-order valence-corrected chi connectivity index (χ2v) is 7.60. The van der Waals surface area contributed by atoms with E-state index in [1.165, 1.54) is 0 Å². The summed E-state index contributed by atoms with van der Waals surface area (Å²) in [5, 5.41) is 10.6. The number of aromatic nitrogens is 2. The Kier molecular flexibility index (Phi) is 7.12. The van der Waals surface area contributed by atoms with Gasteiger partial charge in [0.2, 0.25) is 0 Å². The standard InChI is InChI=1S/C23H32N4O2/c1-4-25(5-2)13-14-26-21-11-6-7-12-22(21)27(23(26)24)16-19(28)17-29-20-10-8-9-18(3)15-20/h6-12,15,19,24,28H,4-5,13-14,16-17H2,1-3H3/p+2/t19-/m0/s1. The zero-order valence-corrected chi connectivity index (χ0v) is 17.8. The van der Waals surface area contributed by atoms with Gasteiger partial charge in [0.15, 0.2) is 0 Å². The number of nitrogens with one attached hydrogen (secondary N) is 1. The van der Waals surface area contributed by atoms with Gasteiger partial charge >= 0.3 is 5.95 Å². The second kappa shape index (κ2) is 9.76. The largest absolute Gasteiger partial charge is 0.491 e. The molecule has 1 aromatic heterocycles. The molecule has 2 aromatic carbocycles. The van der Waals surface area contributed by atoms with Crippen molar-refractivity contribution in [1.82, 2.24) is 4.57 Å². The number of hydrogen-bond donors (Lipinski definition) is 3. The average molecular weight is 399 g/mol. The first-order valence-electron chi connectivity index (χ1n) is 10.5. The Bertz CT molecular complexity index is 934. The number of nitrogen functional groups attached to an aromatic ring is 1. The van der Waals surface area contributed by atoms with Gasteiger partial charge in [-0.2, -0.15) is 0 Å². The fourth-order valence-electron chi connectivity index (χ4n) is 3.77. The molecule has 0 amide bonds. The van der Waals surface area contributed by atoms with Crippen molar-refractivity contribution in [3.8, 4) is 5.75 Å². The van der Waals surface area contributed by atoms with E-state index in [0.717, 1.165) is 48.5 Å². The summed E-state index contributed by atoms with van der Waals surface area (Å²) in [5.41, 5.74) is 9.80. The maximum atomic E-state index is 10.6. The smallest absolute Gasteiger partial charge is 0.356 e. The molecule has 29 heavy (non-hydrogen) atoms. The Labute approximate surface area is 173 Å². The van der Waals surface area contributed by atoms with Crippen LogP contribution in [0.1, 0.15) is 19.4 Å². The van der Waals surface area contributed by atoms with Gasteiger partial charge in [0.1, 0.15) is 49.1 Å². The molecule has 0 fully saturated rings. The lowest BCUT2D eigenvalue weighted by Gasteiger charge is -2.14. The number of aliphatic hydroxyl groups is 1. The summed E-state index contributed by atoms with van der Waals surface area (Å²) in [5.74, 6) is 1.44. The van der Waals surface area contributed by atoms with Crippen molar-refractivity contribution >= 4 is 17.0 Å². The molecule has 6 nitrogen and oxygen atoms in total. The zero-order chi connectivity index (χ0) is 20.8. The number of aryl methyl sites for hydroxylation is 1. The SMILES string of the molecule is CC[NH+](CC)CCn1c(N)[n+](C[C@H](O)COc2cccc(C)c2)c2ccccc21. The zero-order valence-electron chi connectivity index (χ0n) is 17.8. The lowest BCUT2D eigenvalue weighted by atomic mass is 10.2. The van der Waals surface area contributed by atoms with Crippen LogP contribution < -0.4 is 19.9 Å². The van der Waals surface area contributed by atoms with Crippen molar-refractivity contribution in [3.63, 3.8) is 0 Å². The molecule has 3 aromatic rings. The van der Waals surface area contributed by atoms with Crippen LogP contribution in [0.15, 0.2) is 48.5 Å². The lowest BCUT2D eigenvalue weighted by Crippen LogP contribution is -3.11. The number of rotatable bonds is 10. The average Bonchev–Trinajstić information content (AvgIpc) is 2.99. The van der Waals surface area contributed by atoms with Gasteiger partial charge in [0.25, 0.3) is 0 Å². The van der Waals surface area contributed by atoms with Crippen LogP contribution >= 0.6 is 0 Å². The highest BCUT2D eigenvalue weighted by molar-refractivity contribution is 5.73. The summed E-state index contributed by atoms with van der Waals surface area (Å²) in [6.45, 7) is 11.1. The summed E-state index contributed by atoms with van der Waals surface area (Å²) in [6, 6.07) is 16.0. The molecule has 0 radical (unpaired) electrons. The molecule has 1 heterocycles. The number of anilines is 1. The molecule has 0 aliphatic heterocycles. The van der Waals surface area contributed by atoms with Crippen LogP contribution in [-0.4, -0.2) is 42.0 Å². The van der Waals surface area contributed by atoms with Crippen LogP contribution in [-0.2, 0) is 13.1 Å². The van der Waals surface area contributed by atoms with Gasteiger partial charge < -0.3 is 14.7 Å². The first kappa shape index (κ1) is 21.1. The number of fused-ring (bicyclic) bond motifs is 1. The van der Waals surface area contributed by atoms with Crippen LogP contribution in [0.2, 0.25) is 0 Å². The van der Waals surface area contributed by atoms with Gasteiger partial charge in [-0.15, -0.1) is 0 Å². The number of nitrogens with zero attached hydrogens (tertiary/aromatic N) is 2. The van der Waals surface area contributed by atoms with Gasteiger partial charge in [0, 0.05) is 0 Å². The molecule has 0 saturated carbocycles. The van der Waals surface area contributed by atoms with E-state index in [1.807, 2.05) is 47.9 Å². The van der Waals surface area contributed by atoms with Gasteiger partial charge in [-0.1, -0.05) is 24.3 Å². The van der Waals surface area contributed by atoms with E-state index in [-0.39, 0.29) is 6.61 Å². The predicted octanol–water partition coefficient (Wildman–Crippen LogP) is 1.18. The summed E-state index contributed by atoms with van der Waals surface area (Å²) < 4.78 is 9.93. The third-order valence-electron chi connectivity index (χ3n) is 5.53. The summed E-state index contributed by atoms with van der Waals surface area (Å²) >= 11 is 0. The van der Waals surface area contributed by atoms with Gasteiger partial charge in [0.05, 0.1) is 13.1 Å². The monoisotopic (exact) mass is 398 g/mol. The Morgan fingerprint density at radius 3 is 2.62 bits per heavy atom. The molecule has 6 heteroatoms. The van der Waals surface area contributed by atoms with E-state index in [0.29, 0.717) is 12.5 Å². The quantitative estimate of drug-likeness (QED) is 0.449. The van der Waals surface area contributed by atoms with Crippen molar-refractivity contribution in [2.45, 2.75) is 40.0 Å². The molecule has 0 unspecified atom stereocenters. The number of nitrogens with two attached hydrogens (primary N) is 1. The number of para-hydroxylation sites is 2. The minimum Gasteiger partial charge on any atom is -0.491 e. The van der Waals surface area contributed by atoms with Gasteiger partial charge in [-0.05, 0) is 50.6 Å². The molecule has 0 aliphatic rings. The van der Waals surface area contributed by atoms with E-state index in [1.54, 1.807) is 4.90 Å². The van der Waals surface area contributed by atoms with Crippen LogP contribution in [0.5, 0.6) is 5.75 Å². The normalized spacial score (nSPS) is 12.6. The minimum atomic E-state index is -0.657. The van der Waals surface area contributed by atoms with E-state index in [9.17, 15) is 5.11 Å². The summed E-state index contributed by atoms with van der Waals surface area (Å²) in [7, 11) is 0. The molecule has 1 atom stereocenters. The molecular weight excluding hydrogens is 364 g/mol.